The Labute approximate surface area is 116 Å². The van der Waals surface area contributed by atoms with Gasteiger partial charge in [-0.2, -0.15) is 0 Å². The van der Waals surface area contributed by atoms with Gasteiger partial charge >= 0.3 is 0 Å². The summed E-state index contributed by atoms with van der Waals surface area (Å²) in [4.78, 5) is 12.1. The van der Waals surface area contributed by atoms with Crippen molar-refractivity contribution in [2.24, 2.45) is 17.8 Å². The summed E-state index contributed by atoms with van der Waals surface area (Å²) in [5.41, 5.74) is 3.00. The van der Waals surface area contributed by atoms with E-state index in [2.05, 4.69) is 38.1 Å². The fourth-order valence-corrected chi connectivity index (χ4v) is 3.90. The summed E-state index contributed by atoms with van der Waals surface area (Å²) >= 11 is 0. The van der Waals surface area contributed by atoms with Gasteiger partial charge in [-0.1, -0.05) is 38.1 Å². The lowest BCUT2D eigenvalue weighted by atomic mass is 9.67. The second kappa shape index (κ2) is 5.11. The van der Waals surface area contributed by atoms with E-state index in [9.17, 15) is 4.79 Å². The van der Waals surface area contributed by atoms with E-state index in [1.165, 1.54) is 17.5 Å². The van der Waals surface area contributed by atoms with Crippen molar-refractivity contribution in [1.82, 2.24) is 0 Å². The van der Waals surface area contributed by atoms with Crippen molar-refractivity contribution in [3.63, 3.8) is 0 Å². The Hall–Kier alpha value is -1.11. The molecular weight excluding hydrogens is 232 g/mol. The first-order valence-corrected chi connectivity index (χ1v) is 7.75. The Morgan fingerprint density at radius 3 is 2.74 bits per heavy atom. The number of carbonyl (C=O) groups excluding carboxylic acids is 1. The fourth-order valence-electron chi connectivity index (χ4n) is 3.90. The zero-order chi connectivity index (χ0) is 13.4. The van der Waals surface area contributed by atoms with Crippen LogP contribution in [0.15, 0.2) is 24.3 Å². The molecule has 1 fully saturated rings. The number of hydrogen-bond donors (Lipinski definition) is 0. The van der Waals surface area contributed by atoms with Crippen LogP contribution in [0.4, 0.5) is 0 Å². The molecule has 0 radical (unpaired) electrons. The van der Waals surface area contributed by atoms with Crippen LogP contribution in [0.25, 0.3) is 0 Å². The normalized spacial score (nSPS) is 30.1. The van der Waals surface area contributed by atoms with Gasteiger partial charge in [0, 0.05) is 12.3 Å². The van der Waals surface area contributed by atoms with Crippen LogP contribution < -0.4 is 0 Å². The quantitative estimate of drug-likeness (QED) is 0.785. The number of benzene rings is 1. The predicted octanol–water partition coefficient (Wildman–Crippen LogP) is 4.36. The van der Waals surface area contributed by atoms with E-state index >= 15 is 0 Å². The Morgan fingerprint density at radius 2 is 2.00 bits per heavy atom. The molecule has 19 heavy (non-hydrogen) atoms. The van der Waals surface area contributed by atoms with E-state index in [1.54, 1.807) is 0 Å². The second-order valence-electron chi connectivity index (χ2n) is 6.78. The van der Waals surface area contributed by atoms with Gasteiger partial charge in [0.15, 0.2) is 0 Å². The van der Waals surface area contributed by atoms with Crippen molar-refractivity contribution >= 4 is 5.78 Å². The Balaban J connectivity index is 1.65. The summed E-state index contributed by atoms with van der Waals surface area (Å²) in [6.45, 7) is 4.60. The third-order valence-electron chi connectivity index (χ3n) is 5.28. The average molecular weight is 256 g/mol. The van der Waals surface area contributed by atoms with Gasteiger partial charge in [-0.15, -0.1) is 0 Å². The van der Waals surface area contributed by atoms with Crippen molar-refractivity contribution in [3.8, 4) is 0 Å². The van der Waals surface area contributed by atoms with E-state index in [0.29, 0.717) is 17.6 Å². The van der Waals surface area contributed by atoms with E-state index in [1.807, 2.05) is 0 Å². The molecule has 1 aromatic rings. The van der Waals surface area contributed by atoms with Crippen molar-refractivity contribution in [1.29, 1.82) is 0 Å². The minimum Gasteiger partial charge on any atom is -0.299 e. The Bertz CT molecular complexity index is 474. The van der Waals surface area contributed by atoms with E-state index in [0.717, 1.165) is 37.5 Å². The van der Waals surface area contributed by atoms with Crippen molar-refractivity contribution in [2.45, 2.75) is 51.9 Å². The maximum Gasteiger partial charge on any atom is 0.136 e. The Kier molecular flexibility index (Phi) is 3.47. The van der Waals surface area contributed by atoms with Crippen LogP contribution in [-0.2, 0) is 11.2 Å². The summed E-state index contributed by atoms with van der Waals surface area (Å²) in [5.74, 6) is 3.00. The average Bonchev–Trinajstić information content (AvgIpc) is 2.37. The molecule has 1 nitrogen and oxygen atoms in total. The van der Waals surface area contributed by atoms with Gasteiger partial charge in [0.25, 0.3) is 0 Å². The monoisotopic (exact) mass is 256 g/mol. The van der Waals surface area contributed by atoms with E-state index < -0.39 is 0 Å². The van der Waals surface area contributed by atoms with Gasteiger partial charge in [0.05, 0.1) is 0 Å². The van der Waals surface area contributed by atoms with Gasteiger partial charge in [0.1, 0.15) is 5.78 Å². The molecule has 1 saturated carbocycles. The van der Waals surface area contributed by atoms with E-state index in [-0.39, 0.29) is 0 Å². The molecule has 1 heteroatoms. The zero-order valence-corrected chi connectivity index (χ0v) is 12.1. The highest BCUT2D eigenvalue weighted by molar-refractivity contribution is 5.81. The smallest absolute Gasteiger partial charge is 0.136 e. The first kappa shape index (κ1) is 12.9. The summed E-state index contributed by atoms with van der Waals surface area (Å²) in [6, 6.07) is 8.72. The molecule has 0 heterocycles. The molecule has 0 bridgehead atoms. The standard InChI is InChI=1S/C18H24O/c1-12(2)13-7-8-18(19)16(9-13)11-15-10-14-5-3-4-6-17(14)15/h3-6,12-13,15-16H,7-11H2,1-2H3. The fraction of sp³-hybridized carbons (Fsp3) is 0.611. The number of ketones is 1. The molecule has 0 aliphatic heterocycles. The highest BCUT2D eigenvalue weighted by Crippen LogP contribution is 2.43. The SMILES string of the molecule is CC(C)C1CCC(=O)C(CC2Cc3ccccc32)C1. The molecule has 2 aliphatic rings. The van der Waals surface area contributed by atoms with E-state index in [4.69, 9.17) is 0 Å². The van der Waals surface area contributed by atoms with Crippen LogP contribution in [0.5, 0.6) is 0 Å². The van der Waals surface area contributed by atoms with Gasteiger partial charge < -0.3 is 0 Å². The molecule has 3 atom stereocenters. The maximum absolute atomic E-state index is 12.1. The van der Waals surface area contributed by atoms with Gasteiger partial charge in [0.2, 0.25) is 0 Å². The minimum absolute atomic E-state index is 0.333. The summed E-state index contributed by atoms with van der Waals surface area (Å²) in [5, 5.41) is 0. The van der Waals surface area contributed by atoms with Gasteiger partial charge in [-0.3, -0.25) is 4.79 Å². The Morgan fingerprint density at radius 1 is 1.21 bits per heavy atom. The largest absolute Gasteiger partial charge is 0.299 e. The molecule has 2 aliphatic carbocycles. The topological polar surface area (TPSA) is 17.1 Å². The minimum atomic E-state index is 0.333. The molecule has 0 aromatic heterocycles. The van der Waals surface area contributed by atoms with Crippen LogP contribution in [0.1, 0.15) is 56.6 Å². The van der Waals surface area contributed by atoms with Gasteiger partial charge in [-0.05, 0) is 54.6 Å². The second-order valence-corrected chi connectivity index (χ2v) is 6.78. The number of Topliss-reactive ketones (excluding diaryl/α,β-unsaturated/α-hetero) is 1. The van der Waals surface area contributed by atoms with Crippen LogP contribution in [-0.4, -0.2) is 5.78 Å². The molecule has 0 spiro atoms. The van der Waals surface area contributed by atoms with Gasteiger partial charge in [-0.25, -0.2) is 0 Å². The highest BCUT2D eigenvalue weighted by Gasteiger charge is 2.35. The summed E-state index contributed by atoms with van der Waals surface area (Å²) < 4.78 is 0. The van der Waals surface area contributed by atoms with Crippen LogP contribution in [0, 0.1) is 17.8 Å². The van der Waals surface area contributed by atoms with Crippen LogP contribution >= 0.6 is 0 Å². The maximum atomic E-state index is 12.1. The van der Waals surface area contributed by atoms with Crippen LogP contribution in [0.2, 0.25) is 0 Å². The molecule has 1 aromatic carbocycles. The highest BCUT2D eigenvalue weighted by atomic mass is 16.1. The molecular formula is C18H24O. The number of hydrogen-bond acceptors (Lipinski definition) is 1. The number of carbonyl (C=O) groups is 1. The lowest BCUT2D eigenvalue weighted by Gasteiger charge is -2.36. The van der Waals surface area contributed by atoms with Crippen molar-refractivity contribution < 1.29 is 4.79 Å². The molecule has 3 unspecified atom stereocenters. The molecule has 0 amide bonds. The molecule has 102 valence electrons. The number of rotatable bonds is 3. The summed E-state index contributed by atoms with van der Waals surface area (Å²) in [7, 11) is 0. The first-order valence-electron chi connectivity index (χ1n) is 7.75. The third kappa shape index (κ3) is 2.48. The molecule has 3 rings (SSSR count). The lowest BCUT2D eigenvalue weighted by Crippen LogP contribution is -2.30. The predicted molar refractivity (Wildman–Crippen MR) is 78.2 cm³/mol. The third-order valence-corrected chi connectivity index (χ3v) is 5.28. The molecule has 0 saturated heterocycles. The summed E-state index contributed by atoms with van der Waals surface area (Å²) in [6.07, 6.45) is 5.36. The van der Waals surface area contributed by atoms with Crippen LogP contribution in [0.3, 0.4) is 0 Å². The molecule has 0 N–H and O–H groups in total. The first-order chi connectivity index (χ1) is 9.15. The lowest BCUT2D eigenvalue weighted by molar-refractivity contribution is -0.126. The van der Waals surface area contributed by atoms with Crippen molar-refractivity contribution in [3.05, 3.63) is 35.4 Å². The zero-order valence-electron chi connectivity index (χ0n) is 12.1. The number of fused-ring (bicyclic) bond motifs is 1. The van der Waals surface area contributed by atoms with Crippen molar-refractivity contribution in [2.75, 3.05) is 0 Å².